The molecule has 1 saturated heterocycles. The Kier molecular flexibility index (Phi) is 6.12. The van der Waals surface area contributed by atoms with Crippen molar-refractivity contribution in [2.45, 2.75) is 13.3 Å². The van der Waals surface area contributed by atoms with Crippen molar-refractivity contribution in [3.63, 3.8) is 0 Å². The van der Waals surface area contributed by atoms with E-state index in [-0.39, 0.29) is 17.7 Å². The van der Waals surface area contributed by atoms with E-state index in [1.54, 1.807) is 11.0 Å². The van der Waals surface area contributed by atoms with Gasteiger partial charge in [-0.1, -0.05) is 54.6 Å². The Hall–Kier alpha value is -3.47. The van der Waals surface area contributed by atoms with Gasteiger partial charge in [0.25, 0.3) is 5.91 Å². The smallest absolute Gasteiger partial charge is 0.254 e. The molecule has 1 atom stereocenters. The van der Waals surface area contributed by atoms with E-state index in [4.69, 9.17) is 0 Å². The topological polar surface area (TPSA) is 49.4 Å². The molecule has 1 aliphatic rings. The molecule has 1 heterocycles. The SMILES string of the molecule is Cc1ccccc1-c1cccc(C[C@@H]2CN(C(=O)c3cccc(F)c3)CCNC2=O)c1. The van der Waals surface area contributed by atoms with Crippen molar-refractivity contribution in [2.24, 2.45) is 5.92 Å². The van der Waals surface area contributed by atoms with Gasteiger partial charge in [-0.25, -0.2) is 4.39 Å². The molecule has 4 nitrogen and oxygen atoms in total. The third-order valence-corrected chi connectivity index (χ3v) is 5.72. The summed E-state index contributed by atoms with van der Waals surface area (Å²) < 4.78 is 13.6. The van der Waals surface area contributed by atoms with E-state index < -0.39 is 5.82 Å². The number of carbonyl (C=O) groups excluding carboxylic acids is 2. The van der Waals surface area contributed by atoms with Gasteiger partial charge in [0.05, 0.1) is 5.92 Å². The second-order valence-electron chi connectivity index (χ2n) is 7.97. The number of rotatable bonds is 4. The lowest BCUT2D eigenvalue weighted by atomic mass is 9.94. The van der Waals surface area contributed by atoms with E-state index in [9.17, 15) is 14.0 Å². The van der Waals surface area contributed by atoms with E-state index in [1.165, 1.54) is 23.8 Å². The van der Waals surface area contributed by atoms with Crippen molar-refractivity contribution >= 4 is 11.8 Å². The fraction of sp³-hybridized carbons (Fsp3) is 0.231. The molecule has 3 aromatic carbocycles. The van der Waals surface area contributed by atoms with E-state index in [2.05, 4.69) is 36.5 Å². The minimum absolute atomic E-state index is 0.0594. The summed E-state index contributed by atoms with van der Waals surface area (Å²) in [6.45, 7) is 3.17. The number of hydrogen-bond donors (Lipinski definition) is 1. The Bertz CT molecular complexity index is 1110. The van der Waals surface area contributed by atoms with Gasteiger partial charge >= 0.3 is 0 Å². The van der Waals surface area contributed by atoms with Crippen LogP contribution in [-0.4, -0.2) is 36.3 Å². The number of benzene rings is 3. The highest BCUT2D eigenvalue weighted by Crippen LogP contribution is 2.25. The average Bonchev–Trinajstić information content (AvgIpc) is 2.95. The summed E-state index contributed by atoms with van der Waals surface area (Å²) in [6.07, 6.45) is 0.526. The maximum absolute atomic E-state index is 13.6. The largest absolute Gasteiger partial charge is 0.354 e. The maximum Gasteiger partial charge on any atom is 0.254 e. The fourth-order valence-electron chi connectivity index (χ4n) is 4.09. The molecule has 0 bridgehead atoms. The summed E-state index contributed by atoms with van der Waals surface area (Å²) in [4.78, 5) is 27.2. The Morgan fingerprint density at radius 2 is 1.87 bits per heavy atom. The predicted octanol–water partition coefficient (Wildman–Crippen LogP) is 4.23. The van der Waals surface area contributed by atoms with E-state index in [0.717, 1.165) is 16.7 Å². The summed E-state index contributed by atoms with van der Waals surface area (Å²) in [7, 11) is 0. The summed E-state index contributed by atoms with van der Waals surface area (Å²) in [5, 5.41) is 2.91. The highest BCUT2D eigenvalue weighted by atomic mass is 19.1. The molecule has 0 saturated carbocycles. The lowest BCUT2D eigenvalue weighted by molar-refractivity contribution is -0.124. The molecule has 0 radical (unpaired) electrons. The van der Waals surface area contributed by atoms with Crippen LogP contribution in [0.3, 0.4) is 0 Å². The molecule has 1 N–H and O–H groups in total. The zero-order valence-electron chi connectivity index (χ0n) is 17.5. The predicted molar refractivity (Wildman–Crippen MR) is 119 cm³/mol. The van der Waals surface area contributed by atoms with Gasteiger partial charge < -0.3 is 10.2 Å². The molecule has 158 valence electrons. The van der Waals surface area contributed by atoms with Gasteiger partial charge in [-0.15, -0.1) is 0 Å². The molecule has 0 aliphatic carbocycles. The molecule has 0 aromatic heterocycles. The van der Waals surface area contributed by atoms with Crippen molar-refractivity contribution < 1.29 is 14.0 Å². The molecule has 0 spiro atoms. The zero-order valence-corrected chi connectivity index (χ0v) is 17.5. The molecule has 31 heavy (non-hydrogen) atoms. The number of halogens is 1. The van der Waals surface area contributed by atoms with Crippen LogP contribution in [-0.2, 0) is 11.2 Å². The van der Waals surface area contributed by atoms with Gasteiger partial charge in [0.2, 0.25) is 5.91 Å². The zero-order chi connectivity index (χ0) is 21.8. The first-order valence-electron chi connectivity index (χ1n) is 10.5. The maximum atomic E-state index is 13.6. The standard InChI is InChI=1S/C26H25FN2O2/c1-18-6-2-3-11-24(18)20-8-4-7-19(14-20)15-22-17-29(13-12-28-25(22)30)26(31)21-9-5-10-23(27)16-21/h2-11,14,16,22H,12-13,15,17H2,1H3,(H,28,30)/t22-/m1/s1. The monoisotopic (exact) mass is 416 g/mol. The van der Waals surface area contributed by atoms with Crippen LogP contribution in [0.25, 0.3) is 11.1 Å². The number of aryl methyl sites for hydroxylation is 1. The third-order valence-electron chi connectivity index (χ3n) is 5.72. The first-order chi connectivity index (χ1) is 15.0. The molecular formula is C26H25FN2O2. The number of hydrogen-bond acceptors (Lipinski definition) is 2. The van der Waals surface area contributed by atoms with Gasteiger partial charge in [0.15, 0.2) is 0 Å². The Balaban J connectivity index is 1.54. The van der Waals surface area contributed by atoms with Crippen LogP contribution in [0.1, 0.15) is 21.5 Å². The number of amides is 2. The molecule has 5 heteroatoms. The summed E-state index contributed by atoms with van der Waals surface area (Å²) in [5.41, 5.74) is 4.81. The van der Waals surface area contributed by atoms with Gasteiger partial charge in [-0.2, -0.15) is 0 Å². The average molecular weight is 416 g/mol. The molecule has 0 unspecified atom stereocenters. The number of nitrogens with zero attached hydrogens (tertiary/aromatic N) is 1. The first-order valence-corrected chi connectivity index (χ1v) is 10.5. The van der Waals surface area contributed by atoms with Crippen LogP contribution in [0.2, 0.25) is 0 Å². The molecule has 1 aliphatic heterocycles. The van der Waals surface area contributed by atoms with E-state index >= 15 is 0 Å². The third kappa shape index (κ3) is 4.82. The molecular weight excluding hydrogens is 391 g/mol. The number of nitrogens with one attached hydrogen (secondary N) is 1. The molecule has 3 aromatic rings. The van der Waals surface area contributed by atoms with Crippen LogP contribution in [0.15, 0.2) is 72.8 Å². The molecule has 4 rings (SSSR count). The quantitative estimate of drug-likeness (QED) is 0.692. The van der Waals surface area contributed by atoms with Gasteiger partial charge in [0, 0.05) is 25.2 Å². The normalized spacial score (nSPS) is 16.5. The van der Waals surface area contributed by atoms with Crippen molar-refractivity contribution in [3.05, 3.63) is 95.3 Å². The Morgan fingerprint density at radius 1 is 1.06 bits per heavy atom. The molecule has 2 amide bonds. The van der Waals surface area contributed by atoms with Crippen LogP contribution in [0.4, 0.5) is 4.39 Å². The minimum atomic E-state index is -0.445. The van der Waals surface area contributed by atoms with Gasteiger partial charge in [-0.3, -0.25) is 9.59 Å². The highest BCUT2D eigenvalue weighted by molar-refractivity contribution is 5.95. The van der Waals surface area contributed by atoms with Gasteiger partial charge in [-0.05, 0) is 53.8 Å². The highest BCUT2D eigenvalue weighted by Gasteiger charge is 2.28. The second-order valence-corrected chi connectivity index (χ2v) is 7.97. The lowest BCUT2D eigenvalue weighted by Crippen LogP contribution is -2.37. The van der Waals surface area contributed by atoms with Crippen LogP contribution >= 0.6 is 0 Å². The van der Waals surface area contributed by atoms with Crippen molar-refractivity contribution in [2.75, 3.05) is 19.6 Å². The van der Waals surface area contributed by atoms with Crippen LogP contribution in [0.5, 0.6) is 0 Å². The summed E-state index contributed by atoms with van der Waals surface area (Å²) in [5.74, 6) is -1.13. The lowest BCUT2D eigenvalue weighted by Gasteiger charge is -2.23. The van der Waals surface area contributed by atoms with E-state index in [0.29, 0.717) is 31.6 Å². The molecule has 1 fully saturated rings. The number of carbonyl (C=O) groups is 2. The fourth-order valence-corrected chi connectivity index (χ4v) is 4.09. The first kappa shape index (κ1) is 20.8. The van der Waals surface area contributed by atoms with Crippen LogP contribution < -0.4 is 5.32 Å². The summed E-state index contributed by atoms with van der Waals surface area (Å²) in [6, 6.07) is 22.1. The summed E-state index contributed by atoms with van der Waals surface area (Å²) >= 11 is 0. The van der Waals surface area contributed by atoms with Crippen LogP contribution in [0, 0.1) is 18.7 Å². The van der Waals surface area contributed by atoms with E-state index in [1.807, 2.05) is 24.3 Å². The minimum Gasteiger partial charge on any atom is -0.354 e. The van der Waals surface area contributed by atoms with Gasteiger partial charge in [0.1, 0.15) is 5.82 Å². The Labute approximate surface area is 181 Å². The Morgan fingerprint density at radius 3 is 2.68 bits per heavy atom. The van der Waals surface area contributed by atoms with Crippen molar-refractivity contribution in [1.29, 1.82) is 0 Å². The van der Waals surface area contributed by atoms with Crippen molar-refractivity contribution in [1.82, 2.24) is 10.2 Å². The van der Waals surface area contributed by atoms with Crippen molar-refractivity contribution in [3.8, 4) is 11.1 Å². The second kappa shape index (κ2) is 9.13.